The Morgan fingerprint density at radius 2 is 1.94 bits per heavy atom. The average molecular weight is 294 g/mol. The minimum Gasteiger partial charge on any atom is -0.505 e. The molecule has 0 fully saturated rings. The monoisotopic (exact) mass is 293 g/mol. The zero-order valence-electron chi connectivity index (χ0n) is 8.59. The number of aromatic hydroxyl groups is 1. The second kappa shape index (κ2) is 4.92. The van der Waals surface area contributed by atoms with Crippen LogP contribution < -0.4 is 5.32 Å². The fraction of sp³-hybridized carbons (Fsp3) is 0. The molecule has 2 aromatic rings. The molecule has 17 heavy (non-hydrogen) atoms. The molecule has 1 amide bonds. The lowest BCUT2D eigenvalue weighted by molar-refractivity contribution is 0.101. The van der Waals surface area contributed by atoms with E-state index in [0.29, 0.717) is 10.3 Å². The molecular weight excluding hydrogens is 286 g/mol. The SMILES string of the molecule is O=C(Nc1ncccc1Br)c1ncccc1O. The molecule has 2 rings (SSSR count). The molecule has 6 heteroatoms. The zero-order chi connectivity index (χ0) is 12.3. The van der Waals surface area contributed by atoms with E-state index >= 15 is 0 Å². The van der Waals surface area contributed by atoms with E-state index in [4.69, 9.17) is 0 Å². The van der Waals surface area contributed by atoms with Gasteiger partial charge in [0.2, 0.25) is 0 Å². The third-order valence-electron chi connectivity index (χ3n) is 1.99. The van der Waals surface area contributed by atoms with E-state index < -0.39 is 5.91 Å². The molecule has 0 atom stereocenters. The lowest BCUT2D eigenvalue weighted by atomic mass is 10.3. The molecule has 0 unspecified atom stereocenters. The molecular formula is C11H8BrN3O2. The number of hydrogen-bond acceptors (Lipinski definition) is 4. The predicted octanol–water partition coefficient (Wildman–Crippen LogP) is 2.20. The number of halogens is 1. The summed E-state index contributed by atoms with van der Waals surface area (Å²) in [5.41, 5.74) is -0.0370. The van der Waals surface area contributed by atoms with Gasteiger partial charge in [-0.1, -0.05) is 0 Å². The van der Waals surface area contributed by atoms with Gasteiger partial charge in [-0.05, 0) is 40.2 Å². The Morgan fingerprint density at radius 3 is 2.65 bits per heavy atom. The average Bonchev–Trinajstić information content (AvgIpc) is 2.32. The number of carbonyl (C=O) groups is 1. The van der Waals surface area contributed by atoms with Crippen molar-refractivity contribution in [3.8, 4) is 5.75 Å². The summed E-state index contributed by atoms with van der Waals surface area (Å²) in [6, 6.07) is 6.43. The Bertz CT molecular complexity index is 560. The summed E-state index contributed by atoms with van der Waals surface area (Å²) in [4.78, 5) is 19.6. The van der Waals surface area contributed by atoms with Crippen LogP contribution in [0.5, 0.6) is 5.75 Å². The summed E-state index contributed by atoms with van der Waals surface area (Å²) < 4.78 is 0.656. The molecule has 2 aromatic heterocycles. The van der Waals surface area contributed by atoms with Gasteiger partial charge in [0.15, 0.2) is 5.69 Å². The number of anilines is 1. The number of carbonyl (C=O) groups excluding carboxylic acids is 1. The Balaban J connectivity index is 2.24. The smallest absolute Gasteiger partial charge is 0.279 e. The maximum atomic E-state index is 11.8. The van der Waals surface area contributed by atoms with Gasteiger partial charge in [0.1, 0.15) is 11.6 Å². The van der Waals surface area contributed by atoms with Crippen LogP contribution in [0, 0.1) is 0 Å². The second-order valence-corrected chi connectivity index (χ2v) is 4.01. The first-order valence-electron chi connectivity index (χ1n) is 4.74. The van der Waals surface area contributed by atoms with Crippen LogP contribution in [0.25, 0.3) is 0 Å². The predicted molar refractivity (Wildman–Crippen MR) is 65.8 cm³/mol. The number of pyridine rings is 2. The van der Waals surface area contributed by atoms with Crippen molar-refractivity contribution in [2.45, 2.75) is 0 Å². The first-order valence-corrected chi connectivity index (χ1v) is 5.53. The topological polar surface area (TPSA) is 75.1 Å². The van der Waals surface area contributed by atoms with Gasteiger partial charge in [-0.15, -0.1) is 0 Å². The molecule has 86 valence electrons. The summed E-state index contributed by atoms with van der Waals surface area (Å²) in [6.45, 7) is 0. The Hall–Kier alpha value is -1.95. The van der Waals surface area contributed by atoms with Crippen LogP contribution in [0.4, 0.5) is 5.82 Å². The second-order valence-electron chi connectivity index (χ2n) is 3.16. The molecule has 0 spiro atoms. The highest BCUT2D eigenvalue weighted by Crippen LogP contribution is 2.20. The normalized spacial score (nSPS) is 9.94. The van der Waals surface area contributed by atoms with E-state index in [2.05, 4.69) is 31.2 Å². The van der Waals surface area contributed by atoms with Crippen LogP contribution in [0.15, 0.2) is 41.1 Å². The summed E-state index contributed by atoms with van der Waals surface area (Å²) in [6.07, 6.45) is 2.99. The lowest BCUT2D eigenvalue weighted by Gasteiger charge is -2.06. The number of aromatic nitrogens is 2. The number of nitrogens with one attached hydrogen (secondary N) is 1. The summed E-state index contributed by atoms with van der Waals surface area (Å²) in [5.74, 6) is -0.304. The molecule has 5 nitrogen and oxygen atoms in total. The quantitative estimate of drug-likeness (QED) is 0.890. The third kappa shape index (κ3) is 2.59. The van der Waals surface area contributed by atoms with Crippen LogP contribution in [0.2, 0.25) is 0 Å². The van der Waals surface area contributed by atoms with Crippen LogP contribution in [0.1, 0.15) is 10.5 Å². The Kier molecular flexibility index (Phi) is 3.34. The van der Waals surface area contributed by atoms with Crippen molar-refractivity contribution in [1.29, 1.82) is 0 Å². The standard InChI is InChI=1S/C11H8BrN3O2/c12-7-3-1-6-14-10(7)15-11(17)9-8(16)4-2-5-13-9/h1-6,16H,(H,14,15,17). The van der Waals surface area contributed by atoms with Crippen LogP contribution >= 0.6 is 15.9 Å². The van der Waals surface area contributed by atoms with Crippen molar-refractivity contribution >= 4 is 27.7 Å². The minimum absolute atomic E-state index is 0.0370. The molecule has 0 saturated carbocycles. The fourth-order valence-corrected chi connectivity index (χ4v) is 1.57. The Morgan fingerprint density at radius 1 is 1.24 bits per heavy atom. The number of nitrogens with zero attached hydrogens (tertiary/aromatic N) is 2. The third-order valence-corrected chi connectivity index (χ3v) is 2.63. The highest BCUT2D eigenvalue weighted by molar-refractivity contribution is 9.10. The van der Waals surface area contributed by atoms with Gasteiger partial charge < -0.3 is 10.4 Å². The van der Waals surface area contributed by atoms with E-state index in [-0.39, 0.29) is 11.4 Å². The van der Waals surface area contributed by atoms with Crippen LogP contribution in [-0.2, 0) is 0 Å². The van der Waals surface area contributed by atoms with Crippen LogP contribution in [0.3, 0.4) is 0 Å². The molecule has 0 aliphatic carbocycles. The van der Waals surface area contributed by atoms with Crippen molar-refractivity contribution in [3.63, 3.8) is 0 Å². The molecule has 0 radical (unpaired) electrons. The van der Waals surface area contributed by atoms with Gasteiger partial charge in [0, 0.05) is 12.4 Å². The van der Waals surface area contributed by atoms with Crippen molar-refractivity contribution in [3.05, 3.63) is 46.8 Å². The number of hydrogen-bond donors (Lipinski definition) is 2. The van der Waals surface area contributed by atoms with E-state index in [1.54, 1.807) is 24.4 Å². The molecule has 0 aromatic carbocycles. The van der Waals surface area contributed by atoms with E-state index in [9.17, 15) is 9.90 Å². The lowest BCUT2D eigenvalue weighted by Crippen LogP contribution is -2.14. The molecule has 0 aliphatic heterocycles. The van der Waals surface area contributed by atoms with Crippen molar-refractivity contribution in [2.75, 3.05) is 5.32 Å². The highest BCUT2D eigenvalue weighted by atomic mass is 79.9. The van der Waals surface area contributed by atoms with Crippen molar-refractivity contribution in [1.82, 2.24) is 9.97 Å². The van der Waals surface area contributed by atoms with E-state index in [0.717, 1.165) is 0 Å². The van der Waals surface area contributed by atoms with Gasteiger partial charge in [-0.25, -0.2) is 9.97 Å². The van der Waals surface area contributed by atoms with Gasteiger partial charge in [-0.2, -0.15) is 0 Å². The van der Waals surface area contributed by atoms with Crippen molar-refractivity contribution in [2.24, 2.45) is 0 Å². The largest absolute Gasteiger partial charge is 0.505 e. The first-order chi connectivity index (χ1) is 8.18. The summed E-state index contributed by atoms with van der Waals surface area (Å²) in [7, 11) is 0. The number of rotatable bonds is 2. The zero-order valence-corrected chi connectivity index (χ0v) is 10.2. The highest BCUT2D eigenvalue weighted by Gasteiger charge is 2.13. The van der Waals surface area contributed by atoms with E-state index in [1.807, 2.05) is 0 Å². The van der Waals surface area contributed by atoms with Crippen LogP contribution in [-0.4, -0.2) is 21.0 Å². The summed E-state index contributed by atoms with van der Waals surface area (Å²) in [5, 5.41) is 12.0. The van der Waals surface area contributed by atoms with Gasteiger partial charge in [0.25, 0.3) is 5.91 Å². The molecule has 0 saturated heterocycles. The summed E-state index contributed by atoms with van der Waals surface area (Å²) >= 11 is 3.26. The maximum absolute atomic E-state index is 11.8. The van der Waals surface area contributed by atoms with Crippen molar-refractivity contribution < 1.29 is 9.90 Å². The fourth-order valence-electron chi connectivity index (χ4n) is 1.22. The molecule has 0 bridgehead atoms. The van der Waals surface area contributed by atoms with Gasteiger partial charge in [0.05, 0.1) is 4.47 Å². The molecule has 2 heterocycles. The Labute approximate surface area is 106 Å². The molecule has 0 aliphatic rings. The van der Waals surface area contributed by atoms with Gasteiger partial charge >= 0.3 is 0 Å². The first kappa shape index (κ1) is 11.5. The molecule has 2 N–H and O–H groups in total. The minimum atomic E-state index is -0.512. The maximum Gasteiger partial charge on any atom is 0.279 e. The number of amides is 1. The van der Waals surface area contributed by atoms with Gasteiger partial charge in [-0.3, -0.25) is 4.79 Å². The van der Waals surface area contributed by atoms with E-state index in [1.165, 1.54) is 12.3 Å².